The van der Waals surface area contributed by atoms with E-state index in [1.165, 1.54) is 12.8 Å². The van der Waals surface area contributed by atoms with Crippen LogP contribution in [0, 0.1) is 0 Å². The third kappa shape index (κ3) is 3.20. The van der Waals surface area contributed by atoms with Crippen molar-refractivity contribution in [1.29, 1.82) is 0 Å². The van der Waals surface area contributed by atoms with Crippen LogP contribution in [0.3, 0.4) is 0 Å². The molecule has 6 nitrogen and oxygen atoms in total. The van der Waals surface area contributed by atoms with Gasteiger partial charge in [-0.1, -0.05) is 12.0 Å². The molecule has 6 heteroatoms. The van der Waals surface area contributed by atoms with Gasteiger partial charge in [-0.2, -0.15) is 0 Å². The molecule has 1 aromatic rings. The van der Waals surface area contributed by atoms with Crippen LogP contribution < -0.4 is 10.2 Å². The van der Waals surface area contributed by atoms with E-state index in [4.69, 9.17) is 9.15 Å². The van der Waals surface area contributed by atoms with Crippen molar-refractivity contribution < 1.29 is 9.15 Å². The maximum absolute atomic E-state index is 5.74. The van der Waals surface area contributed by atoms with Crippen molar-refractivity contribution >= 4 is 6.01 Å². The Labute approximate surface area is 108 Å². The van der Waals surface area contributed by atoms with Gasteiger partial charge < -0.3 is 19.4 Å². The zero-order valence-electron chi connectivity index (χ0n) is 11.3. The van der Waals surface area contributed by atoms with E-state index in [-0.39, 0.29) is 6.04 Å². The third-order valence-corrected chi connectivity index (χ3v) is 3.08. The van der Waals surface area contributed by atoms with E-state index >= 15 is 0 Å². The molecule has 2 rings (SSSR count). The Hall–Kier alpha value is -1.14. The summed E-state index contributed by atoms with van der Waals surface area (Å²) in [5, 5.41) is 11.5. The van der Waals surface area contributed by atoms with Gasteiger partial charge in [-0.3, -0.25) is 0 Å². The zero-order chi connectivity index (χ0) is 13.0. The first kappa shape index (κ1) is 13.3. The lowest BCUT2D eigenvalue weighted by Crippen LogP contribution is -2.29. The fourth-order valence-corrected chi connectivity index (χ4v) is 1.92. The Balaban J connectivity index is 2.01. The van der Waals surface area contributed by atoms with Gasteiger partial charge in [0.25, 0.3) is 0 Å². The molecule has 1 unspecified atom stereocenters. The summed E-state index contributed by atoms with van der Waals surface area (Å²) in [4.78, 5) is 2.15. The molecule has 1 aromatic heterocycles. The van der Waals surface area contributed by atoms with Gasteiger partial charge in [-0.15, -0.1) is 5.10 Å². The highest BCUT2D eigenvalue weighted by Crippen LogP contribution is 2.31. The summed E-state index contributed by atoms with van der Waals surface area (Å²) in [7, 11) is 1.71. The number of methoxy groups -OCH3 is 1. The molecular weight excluding hydrogens is 232 g/mol. The fraction of sp³-hybridized carbons (Fsp3) is 0.833. The van der Waals surface area contributed by atoms with Crippen LogP contribution in [0.1, 0.15) is 38.6 Å². The average Bonchev–Trinajstić information content (AvgIpc) is 3.07. The lowest BCUT2D eigenvalue weighted by atomic mass is 10.3. The zero-order valence-corrected chi connectivity index (χ0v) is 11.3. The first-order valence-corrected chi connectivity index (χ1v) is 6.58. The van der Waals surface area contributed by atoms with Crippen molar-refractivity contribution in [2.75, 3.05) is 31.7 Å². The van der Waals surface area contributed by atoms with Crippen LogP contribution in [0.2, 0.25) is 0 Å². The summed E-state index contributed by atoms with van der Waals surface area (Å²) in [5.41, 5.74) is 0. The summed E-state index contributed by atoms with van der Waals surface area (Å²) in [6.07, 6.45) is 2.40. The van der Waals surface area contributed by atoms with Gasteiger partial charge in [0.2, 0.25) is 5.89 Å². The molecule has 1 aliphatic rings. The largest absolute Gasteiger partial charge is 0.406 e. The van der Waals surface area contributed by atoms with Crippen LogP contribution in [0.15, 0.2) is 4.42 Å². The molecule has 1 aliphatic carbocycles. The van der Waals surface area contributed by atoms with Crippen molar-refractivity contribution in [2.45, 2.75) is 38.8 Å². The van der Waals surface area contributed by atoms with Crippen molar-refractivity contribution in [3.63, 3.8) is 0 Å². The number of nitrogens with one attached hydrogen (secondary N) is 1. The third-order valence-electron chi connectivity index (χ3n) is 3.08. The Morgan fingerprint density at radius 1 is 1.50 bits per heavy atom. The Bertz CT molecular complexity index is 365. The first-order valence-electron chi connectivity index (χ1n) is 6.58. The second-order valence-electron chi connectivity index (χ2n) is 4.62. The van der Waals surface area contributed by atoms with E-state index in [0.717, 1.165) is 13.1 Å². The number of rotatable bonds is 8. The molecule has 0 amide bonds. The number of hydrogen-bond donors (Lipinski definition) is 1. The van der Waals surface area contributed by atoms with Gasteiger partial charge in [0, 0.05) is 19.7 Å². The highest BCUT2D eigenvalue weighted by Gasteiger charge is 2.32. The standard InChI is InChI=1S/C12H22N4O2/c1-4-13-9(2)11-14-15-12(18-11)16(7-8-17-3)10-5-6-10/h9-10,13H,4-8H2,1-3H3. The molecule has 0 bridgehead atoms. The van der Waals surface area contributed by atoms with Crippen LogP contribution in [0.4, 0.5) is 6.01 Å². The molecular formula is C12H22N4O2. The summed E-state index contributed by atoms with van der Waals surface area (Å²) in [6, 6.07) is 1.26. The number of ether oxygens (including phenoxy) is 1. The average molecular weight is 254 g/mol. The lowest BCUT2D eigenvalue weighted by Gasteiger charge is -2.18. The molecule has 0 spiro atoms. The van der Waals surface area contributed by atoms with Gasteiger partial charge >= 0.3 is 6.01 Å². The predicted molar refractivity (Wildman–Crippen MR) is 68.6 cm³/mol. The van der Waals surface area contributed by atoms with E-state index in [9.17, 15) is 0 Å². The summed E-state index contributed by atoms with van der Waals surface area (Å²) >= 11 is 0. The number of nitrogens with zero attached hydrogens (tertiary/aromatic N) is 3. The molecule has 102 valence electrons. The van der Waals surface area contributed by atoms with E-state index < -0.39 is 0 Å². The predicted octanol–water partition coefficient (Wildman–Crippen LogP) is 1.36. The Morgan fingerprint density at radius 3 is 2.89 bits per heavy atom. The second-order valence-corrected chi connectivity index (χ2v) is 4.62. The molecule has 0 saturated heterocycles. The van der Waals surface area contributed by atoms with Crippen LogP contribution in [-0.2, 0) is 4.74 Å². The van der Waals surface area contributed by atoms with Gasteiger partial charge in [0.1, 0.15) is 0 Å². The van der Waals surface area contributed by atoms with Crippen molar-refractivity contribution in [2.24, 2.45) is 0 Å². The molecule has 1 atom stereocenters. The van der Waals surface area contributed by atoms with Gasteiger partial charge in [-0.25, -0.2) is 0 Å². The quantitative estimate of drug-likeness (QED) is 0.755. The number of hydrogen-bond acceptors (Lipinski definition) is 6. The molecule has 1 N–H and O–H groups in total. The molecule has 0 radical (unpaired) electrons. The van der Waals surface area contributed by atoms with Gasteiger partial charge in [0.15, 0.2) is 0 Å². The Morgan fingerprint density at radius 2 is 2.28 bits per heavy atom. The Kier molecular flexibility index (Phi) is 4.54. The summed E-state index contributed by atoms with van der Waals surface area (Å²) < 4.78 is 10.9. The normalized spacial score (nSPS) is 16.8. The monoisotopic (exact) mass is 254 g/mol. The second kappa shape index (κ2) is 6.15. The van der Waals surface area contributed by atoms with Crippen LogP contribution in [-0.4, -0.2) is 43.0 Å². The van der Waals surface area contributed by atoms with Crippen molar-refractivity contribution in [3.8, 4) is 0 Å². The van der Waals surface area contributed by atoms with E-state index in [0.29, 0.717) is 24.6 Å². The van der Waals surface area contributed by atoms with Gasteiger partial charge in [0.05, 0.1) is 12.6 Å². The smallest absolute Gasteiger partial charge is 0.318 e. The SMILES string of the molecule is CCNC(C)c1nnc(N(CCOC)C2CC2)o1. The molecule has 1 saturated carbocycles. The van der Waals surface area contributed by atoms with Crippen LogP contribution in [0.5, 0.6) is 0 Å². The topological polar surface area (TPSA) is 63.4 Å². The minimum Gasteiger partial charge on any atom is -0.406 e. The molecule has 1 heterocycles. The van der Waals surface area contributed by atoms with Crippen LogP contribution in [0.25, 0.3) is 0 Å². The van der Waals surface area contributed by atoms with Crippen molar-refractivity contribution in [3.05, 3.63) is 5.89 Å². The minimum atomic E-state index is 0.0970. The fourth-order valence-electron chi connectivity index (χ4n) is 1.92. The van der Waals surface area contributed by atoms with Crippen molar-refractivity contribution in [1.82, 2.24) is 15.5 Å². The summed E-state index contributed by atoms with van der Waals surface area (Å²) in [6.45, 7) is 6.45. The molecule has 0 aliphatic heterocycles. The number of anilines is 1. The molecule has 18 heavy (non-hydrogen) atoms. The van der Waals surface area contributed by atoms with E-state index in [2.05, 4.69) is 27.3 Å². The minimum absolute atomic E-state index is 0.0970. The highest BCUT2D eigenvalue weighted by molar-refractivity contribution is 5.29. The van der Waals surface area contributed by atoms with E-state index in [1.807, 2.05) is 6.92 Å². The maximum atomic E-state index is 5.74. The first-order chi connectivity index (χ1) is 8.76. The van der Waals surface area contributed by atoms with Gasteiger partial charge in [-0.05, 0) is 26.3 Å². The maximum Gasteiger partial charge on any atom is 0.318 e. The lowest BCUT2D eigenvalue weighted by molar-refractivity contribution is 0.203. The highest BCUT2D eigenvalue weighted by atomic mass is 16.5. The summed E-state index contributed by atoms with van der Waals surface area (Å²) in [5.74, 6) is 0.648. The van der Waals surface area contributed by atoms with E-state index in [1.54, 1.807) is 7.11 Å². The van der Waals surface area contributed by atoms with Crippen LogP contribution >= 0.6 is 0 Å². The molecule has 0 aromatic carbocycles. The molecule has 1 fully saturated rings. The number of aromatic nitrogens is 2.